The van der Waals surface area contributed by atoms with Crippen LogP contribution in [0.4, 0.5) is 0 Å². The van der Waals surface area contributed by atoms with Gasteiger partial charge in [0.1, 0.15) is 5.52 Å². The Labute approximate surface area is 154 Å². The number of hydrogen-bond acceptors (Lipinski definition) is 6. The van der Waals surface area contributed by atoms with Crippen LogP contribution in [0, 0.1) is 0 Å². The van der Waals surface area contributed by atoms with Crippen LogP contribution in [-0.2, 0) is 16.0 Å². The van der Waals surface area contributed by atoms with Gasteiger partial charge in [0.05, 0.1) is 17.3 Å². The number of nitrogens with one attached hydrogen (secondary N) is 1. The van der Waals surface area contributed by atoms with E-state index in [4.69, 9.17) is 9.15 Å². The summed E-state index contributed by atoms with van der Waals surface area (Å²) >= 11 is 0. The third-order valence-electron chi connectivity index (χ3n) is 4.21. The Morgan fingerprint density at radius 2 is 1.85 bits per heavy atom. The van der Waals surface area contributed by atoms with E-state index in [1.54, 1.807) is 31.2 Å². The van der Waals surface area contributed by atoms with E-state index in [2.05, 4.69) is 15.0 Å². The van der Waals surface area contributed by atoms with E-state index in [9.17, 15) is 9.59 Å². The molecule has 7 nitrogen and oxygen atoms in total. The van der Waals surface area contributed by atoms with Crippen LogP contribution < -0.4 is 5.56 Å². The Morgan fingerprint density at radius 3 is 2.67 bits per heavy atom. The van der Waals surface area contributed by atoms with Gasteiger partial charge in [0, 0.05) is 6.42 Å². The van der Waals surface area contributed by atoms with Crippen LogP contribution in [0.25, 0.3) is 22.0 Å². The molecular formula is C20H17N3O4. The number of H-pyrrole nitrogens is 1. The number of ether oxygens (including phenoxy) is 1. The molecule has 27 heavy (non-hydrogen) atoms. The average molecular weight is 363 g/mol. The van der Waals surface area contributed by atoms with Crippen molar-refractivity contribution in [2.45, 2.75) is 25.9 Å². The summed E-state index contributed by atoms with van der Waals surface area (Å²) in [5.41, 5.74) is 1.75. The summed E-state index contributed by atoms with van der Waals surface area (Å²) in [4.78, 5) is 35.7. The van der Waals surface area contributed by atoms with Crippen molar-refractivity contribution in [3.8, 4) is 0 Å². The van der Waals surface area contributed by atoms with Crippen molar-refractivity contribution in [1.29, 1.82) is 0 Å². The van der Waals surface area contributed by atoms with Gasteiger partial charge in [-0.05, 0) is 31.2 Å². The minimum atomic E-state index is -0.668. The fourth-order valence-electron chi connectivity index (χ4n) is 2.84. The number of nitrogens with zero attached hydrogens (tertiary/aromatic N) is 2. The van der Waals surface area contributed by atoms with E-state index in [0.717, 1.165) is 5.52 Å². The van der Waals surface area contributed by atoms with Gasteiger partial charge in [-0.25, -0.2) is 9.97 Å². The summed E-state index contributed by atoms with van der Waals surface area (Å²) in [6, 6.07) is 14.4. The number of aromatic amines is 1. The molecule has 2 aromatic carbocycles. The molecule has 4 rings (SSSR count). The van der Waals surface area contributed by atoms with Gasteiger partial charge in [0.25, 0.3) is 5.56 Å². The zero-order valence-corrected chi connectivity index (χ0v) is 14.6. The minimum Gasteiger partial charge on any atom is -0.454 e. The van der Waals surface area contributed by atoms with Gasteiger partial charge < -0.3 is 14.1 Å². The van der Waals surface area contributed by atoms with E-state index in [1.807, 2.05) is 24.3 Å². The number of oxazole rings is 1. The molecule has 0 amide bonds. The van der Waals surface area contributed by atoms with Crippen LogP contribution in [0.1, 0.15) is 31.2 Å². The molecule has 0 bridgehead atoms. The molecule has 136 valence electrons. The lowest BCUT2D eigenvalue weighted by atomic mass is 10.2. The minimum absolute atomic E-state index is 0.120. The molecule has 1 N–H and O–H groups in total. The lowest BCUT2D eigenvalue weighted by Crippen LogP contribution is -2.17. The summed E-state index contributed by atoms with van der Waals surface area (Å²) in [6.45, 7) is 1.67. The molecule has 0 aliphatic heterocycles. The lowest BCUT2D eigenvalue weighted by molar-refractivity contribution is -0.149. The standard InChI is InChI=1S/C20H17N3O4/c1-12(19-22-14-7-3-2-6-13(14)20(25)23-19)26-18(24)11-10-17-21-15-8-4-5-9-16(15)27-17/h2-9,12H,10-11H2,1H3,(H,22,23,25)/t12-/m0/s1. The van der Waals surface area contributed by atoms with Gasteiger partial charge in [-0.2, -0.15) is 0 Å². The van der Waals surface area contributed by atoms with Crippen molar-refractivity contribution in [1.82, 2.24) is 15.0 Å². The summed E-state index contributed by atoms with van der Waals surface area (Å²) in [5.74, 6) is 0.382. The molecule has 0 fully saturated rings. The van der Waals surface area contributed by atoms with Crippen molar-refractivity contribution in [3.63, 3.8) is 0 Å². The van der Waals surface area contributed by atoms with E-state index in [0.29, 0.717) is 34.6 Å². The predicted molar refractivity (Wildman–Crippen MR) is 99.2 cm³/mol. The maximum Gasteiger partial charge on any atom is 0.307 e. The fraction of sp³-hybridized carbons (Fsp3) is 0.200. The van der Waals surface area contributed by atoms with E-state index < -0.39 is 12.1 Å². The number of esters is 1. The Hall–Kier alpha value is -3.48. The van der Waals surface area contributed by atoms with Crippen LogP contribution in [0.3, 0.4) is 0 Å². The highest BCUT2D eigenvalue weighted by atomic mass is 16.5. The lowest BCUT2D eigenvalue weighted by Gasteiger charge is -2.12. The first-order valence-corrected chi connectivity index (χ1v) is 8.63. The third-order valence-corrected chi connectivity index (χ3v) is 4.21. The van der Waals surface area contributed by atoms with Crippen LogP contribution in [0.15, 0.2) is 57.7 Å². The Balaban J connectivity index is 1.42. The van der Waals surface area contributed by atoms with Crippen molar-refractivity contribution in [2.24, 2.45) is 0 Å². The topological polar surface area (TPSA) is 98.1 Å². The molecular weight excluding hydrogens is 346 g/mol. The maximum absolute atomic E-state index is 12.2. The zero-order chi connectivity index (χ0) is 18.8. The summed E-state index contributed by atoms with van der Waals surface area (Å²) < 4.78 is 11.0. The first-order valence-electron chi connectivity index (χ1n) is 8.63. The van der Waals surface area contributed by atoms with E-state index in [-0.39, 0.29) is 12.0 Å². The first-order chi connectivity index (χ1) is 13.1. The van der Waals surface area contributed by atoms with E-state index in [1.165, 1.54) is 0 Å². The molecule has 2 aromatic heterocycles. The number of carbonyl (C=O) groups excluding carboxylic acids is 1. The SMILES string of the molecule is C[C@H](OC(=O)CCc1nc2ccccc2o1)c1nc2ccccc2c(=O)[nH]1. The number of fused-ring (bicyclic) bond motifs is 2. The first kappa shape index (κ1) is 17.0. The van der Waals surface area contributed by atoms with Gasteiger partial charge in [-0.15, -0.1) is 0 Å². The molecule has 1 atom stereocenters. The largest absolute Gasteiger partial charge is 0.454 e. The van der Waals surface area contributed by atoms with Crippen molar-refractivity contribution in [2.75, 3.05) is 0 Å². The quantitative estimate of drug-likeness (QED) is 0.546. The van der Waals surface area contributed by atoms with Gasteiger partial charge in [-0.1, -0.05) is 24.3 Å². The molecule has 0 aliphatic rings. The number of carbonyl (C=O) groups is 1. The Bertz CT molecular complexity index is 1150. The molecule has 0 spiro atoms. The second-order valence-corrected chi connectivity index (χ2v) is 6.18. The molecule has 0 unspecified atom stereocenters. The molecule has 2 heterocycles. The normalized spacial score (nSPS) is 12.3. The number of benzene rings is 2. The zero-order valence-electron chi connectivity index (χ0n) is 14.6. The second kappa shape index (κ2) is 7.03. The highest BCUT2D eigenvalue weighted by Gasteiger charge is 2.16. The summed E-state index contributed by atoms with van der Waals surface area (Å²) in [6.07, 6.45) is -0.213. The molecule has 0 aliphatic carbocycles. The number of para-hydroxylation sites is 3. The monoisotopic (exact) mass is 363 g/mol. The average Bonchev–Trinajstić information content (AvgIpc) is 3.09. The van der Waals surface area contributed by atoms with Crippen molar-refractivity contribution < 1.29 is 13.9 Å². The van der Waals surface area contributed by atoms with Crippen LogP contribution in [-0.4, -0.2) is 20.9 Å². The van der Waals surface area contributed by atoms with Gasteiger partial charge in [0.15, 0.2) is 23.4 Å². The summed E-state index contributed by atoms with van der Waals surface area (Å²) in [5, 5.41) is 0.496. The Kier molecular flexibility index (Phi) is 4.42. The van der Waals surface area contributed by atoms with Gasteiger partial charge >= 0.3 is 5.97 Å². The highest BCUT2D eigenvalue weighted by molar-refractivity contribution is 5.77. The smallest absolute Gasteiger partial charge is 0.307 e. The molecule has 0 saturated heterocycles. The van der Waals surface area contributed by atoms with Crippen LogP contribution in [0.2, 0.25) is 0 Å². The highest BCUT2D eigenvalue weighted by Crippen LogP contribution is 2.18. The van der Waals surface area contributed by atoms with E-state index >= 15 is 0 Å². The predicted octanol–water partition coefficient (Wildman–Crippen LogP) is 3.30. The van der Waals surface area contributed by atoms with Gasteiger partial charge in [-0.3, -0.25) is 9.59 Å². The van der Waals surface area contributed by atoms with Crippen LogP contribution in [0.5, 0.6) is 0 Å². The van der Waals surface area contributed by atoms with Gasteiger partial charge in [0.2, 0.25) is 0 Å². The molecule has 7 heteroatoms. The third kappa shape index (κ3) is 3.57. The number of aryl methyl sites for hydroxylation is 1. The number of rotatable bonds is 5. The maximum atomic E-state index is 12.2. The summed E-state index contributed by atoms with van der Waals surface area (Å²) in [7, 11) is 0. The fourth-order valence-corrected chi connectivity index (χ4v) is 2.84. The molecule has 0 saturated carbocycles. The van der Waals surface area contributed by atoms with Crippen molar-refractivity contribution in [3.05, 3.63) is 70.6 Å². The number of aromatic nitrogens is 3. The van der Waals surface area contributed by atoms with Crippen LogP contribution >= 0.6 is 0 Å². The Morgan fingerprint density at radius 1 is 1.11 bits per heavy atom. The molecule has 0 radical (unpaired) electrons. The molecule has 4 aromatic rings. The van der Waals surface area contributed by atoms with Crippen molar-refractivity contribution >= 4 is 28.0 Å². The second-order valence-electron chi connectivity index (χ2n) is 6.18. The number of hydrogen-bond donors (Lipinski definition) is 1.